The van der Waals surface area contributed by atoms with Crippen LogP contribution in [0.4, 0.5) is 0 Å². The van der Waals surface area contributed by atoms with Crippen molar-refractivity contribution in [3.05, 3.63) is 180 Å². The first kappa shape index (κ1) is 31.3. The fourth-order valence-corrected chi connectivity index (χ4v) is 7.41. The van der Waals surface area contributed by atoms with Crippen LogP contribution in [0.3, 0.4) is 0 Å². The van der Waals surface area contributed by atoms with Crippen molar-refractivity contribution in [3.8, 4) is 34.2 Å². The monoisotopic (exact) mass is 673 g/mol. The maximum Gasteiger partial charge on any atom is 0.164 e. The minimum absolute atomic E-state index is 0.323. The number of benzene rings is 6. The number of nitrogens with two attached hydrogens (primary N) is 1. The molecule has 0 unspecified atom stereocenters. The molecule has 0 radical (unpaired) electrons. The molecule has 0 fully saturated rings. The van der Waals surface area contributed by atoms with Crippen LogP contribution in [0.15, 0.2) is 167 Å². The maximum absolute atomic E-state index is 6.66. The third kappa shape index (κ3) is 5.46. The lowest BCUT2D eigenvalue weighted by atomic mass is 9.85. The van der Waals surface area contributed by atoms with Gasteiger partial charge in [-0.05, 0) is 46.9 Å². The number of hydrogen-bond donors (Lipinski definition) is 1. The van der Waals surface area contributed by atoms with Crippen molar-refractivity contribution in [2.24, 2.45) is 10.7 Å². The van der Waals surface area contributed by atoms with Gasteiger partial charge < -0.3 is 10.2 Å². The molecule has 1 aliphatic rings. The molecule has 0 bridgehead atoms. The van der Waals surface area contributed by atoms with Crippen molar-refractivity contribution in [2.45, 2.75) is 25.7 Å². The second-order valence-corrected chi connectivity index (χ2v) is 13.7. The molecule has 6 nitrogen and oxygen atoms in total. The van der Waals surface area contributed by atoms with Crippen LogP contribution >= 0.6 is 0 Å². The summed E-state index contributed by atoms with van der Waals surface area (Å²) >= 11 is 0. The molecule has 6 heteroatoms. The number of allylic oxidation sites excluding steroid dienone is 2. The Morgan fingerprint density at radius 3 is 1.90 bits per heavy atom. The summed E-state index contributed by atoms with van der Waals surface area (Å²) in [6.07, 6.45) is 0.675. The van der Waals surface area contributed by atoms with Crippen LogP contribution in [0, 0.1) is 0 Å². The molecule has 0 saturated heterocycles. The Kier molecular flexibility index (Phi) is 7.58. The van der Waals surface area contributed by atoms with E-state index in [2.05, 4.69) is 62.4 Å². The fraction of sp³-hybridized carbons (Fsp3) is 0.0870. The van der Waals surface area contributed by atoms with Gasteiger partial charge in [-0.2, -0.15) is 0 Å². The molecule has 8 aromatic rings. The van der Waals surface area contributed by atoms with E-state index in [0.717, 1.165) is 55.5 Å². The molecule has 9 rings (SSSR count). The van der Waals surface area contributed by atoms with Gasteiger partial charge in [0, 0.05) is 38.4 Å². The van der Waals surface area contributed by atoms with Gasteiger partial charge in [0.1, 0.15) is 17.0 Å². The summed E-state index contributed by atoms with van der Waals surface area (Å²) in [5.41, 5.74) is 17.3. The molecule has 2 heterocycles. The molecule has 0 saturated carbocycles. The number of furan rings is 1. The molecule has 0 spiro atoms. The van der Waals surface area contributed by atoms with E-state index in [1.165, 1.54) is 16.7 Å². The first-order chi connectivity index (χ1) is 25.4. The van der Waals surface area contributed by atoms with Crippen molar-refractivity contribution in [1.29, 1.82) is 0 Å². The van der Waals surface area contributed by atoms with Gasteiger partial charge in [-0.25, -0.2) is 19.9 Å². The van der Waals surface area contributed by atoms with Crippen LogP contribution in [0.2, 0.25) is 0 Å². The van der Waals surface area contributed by atoms with E-state index in [1.807, 2.05) is 103 Å². The van der Waals surface area contributed by atoms with Gasteiger partial charge in [-0.1, -0.05) is 147 Å². The first-order valence-electron chi connectivity index (χ1n) is 17.5. The number of aromatic nitrogens is 3. The average Bonchev–Trinajstić information content (AvgIpc) is 3.67. The molecule has 0 amide bonds. The fourth-order valence-electron chi connectivity index (χ4n) is 7.41. The molecule has 6 aromatic carbocycles. The second kappa shape index (κ2) is 12.6. The zero-order valence-corrected chi connectivity index (χ0v) is 28.9. The zero-order valence-electron chi connectivity index (χ0n) is 28.9. The minimum Gasteiger partial charge on any atom is -0.456 e. The number of nitrogens with zero attached hydrogens (tertiary/aromatic N) is 4. The van der Waals surface area contributed by atoms with E-state index in [-0.39, 0.29) is 5.41 Å². The molecule has 0 aliphatic heterocycles. The summed E-state index contributed by atoms with van der Waals surface area (Å²) < 4.78 is 6.46. The van der Waals surface area contributed by atoms with Gasteiger partial charge in [0.25, 0.3) is 0 Å². The first-order valence-corrected chi connectivity index (χ1v) is 17.5. The Labute approximate surface area is 302 Å². The number of hydrogen-bond acceptors (Lipinski definition) is 5. The predicted molar refractivity (Wildman–Crippen MR) is 211 cm³/mol. The molecule has 0 atom stereocenters. The zero-order chi connectivity index (χ0) is 35.2. The molecular formula is C46H35N5O. The number of aliphatic imine (C=N–C) groups is 1. The minimum atomic E-state index is -0.323. The molecule has 2 N–H and O–H groups in total. The quantitative estimate of drug-likeness (QED) is 0.134. The summed E-state index contributed by atoms with van der Waals surface area (Å²) in [7, 11) is 0. The topological polar surface area (TPSA) is 90.2 Å². The van der Waals surface area contributed by atoms with Crippen molar-refractivity contribution in [3.63, 3.8) is 0 Å². The van der Waals surface area contributed by atoms with E-state index >= 15 is 0 Å². The highest BCUT2D eigenvalue weighted by atomic mass is 16.3. The van der Waals surface area contributed by atoms with Crippen molar-refractivity contribution >= 4 is 33.3 Å². The Morgan fingerprint density at radius 1 is 0.615 bits per heavy atom. The van der Waals surface area contributed by atoms with E-state index in [9.17, 15) is 0 Å². The number of fused-ring (bicyclic) bond motifs is 4. The van der Waals surface area contributed by atoms with Crippen LogP contribution < -0.4 is 5.73 Å². The lowest BCUT2D eigenvalue weighted by Gasteiger charge is -2.22. The van der Waals surface area contributed by atoms with Crippen molar-refractivity contribution in [1.82, 2.24) is 15.0 Å². The van der Waals surface area contributed by atoms with Gasteiger partial charge in [0.05, 0.1) is 5.70 Å². The van der Waals surface area contributed by atoms with Crippen molar-refractivity contribution < 1.29 is 4.42 Å². The van der Waals surface area contributed by atoms with E-state index in [0.29, 0.717) is 29.7 Å². The second-order valence-electron chi connectivity index (χ2n) is 13.7. The van der Waals surface area contributed by atoms with Crippen LogP contribution in [-0.2, 0) is 11.8 Å². The number of rotatable bonds is 7. The highest BCUT2D eigenvalue weighted by Gasteiger charge is 2.38. The van der Waals surface area contributed by atoms with Gasteiger partial charge in [-0.15, -0.1) is 0 Å². The van der Waals surface area contributed by atoms with Crippen LogP contribution in [-0.4, -0.2) is 20.8 Å². The largest absolute Gasteiger partial charge is 0.456 e. The van der Waals surface area contributed by atoms with Crippen LogP contribution in [0.1, 0.15) is 36.1 Å². The summed E-state index contributed by atoms with van der Waals surface area (Å²) in [4.78, 5) is 20.1. The van der Waals surface area contributed by atoms with Gasteiger partial charge in [0.15, 0.2) is 17.5 Å². The Morgan fingerprint density at radius 2 is 1.21 bits per heavy atom. The average molecular weight is 674 g/mol. The van der Waals surface area contributed by atoms with E-state index in [4.69, 9.17) is 30.1 Å². The Bertz CT molecular complexity index is 2620. The van der Waals surface area contributed by atoms with Crippen LogP contribution in [0.25, 0.3) is 61.7 Å². The lowest BCUT2D eigenvalue weighted by Crippen LogP contribution is -2.20. The summed E-state index contributed by atoms with van der Waals surface area (Å²) in [6, 6.07) is 51.2. The normalized spacial score (nSPS) is 13.9. The SMILES string of the molecule is CC1(C)C(N=C(N)c2ccccc2)=C(Cc2ccc3oc4cccc(-c5nc(-c6ccccc6)nc(-c6ccccc6)n5)c4c3c2)c2ccccc21. The summed E-state index contributed by atoms with van der Waals surface area (Å²) in [6.45, 7) is 4.47. The molecule has 52 heavy (non-hydrogen) atoms. The summed E-state index contributed by atoms with van der Waals surface area (Å²) in [5, 5.41) is 1.97. The molecule has 1 aliphatic carbocycles. The lowest BCUT2D eigenvalue weighted by molar-refractivity contribution is 0.631. The Balaban J connectivity index is 1.20. The van der Waals surface area contributed by atoms with Gasteiger partial charge in [0.2, 0.25) is 0 Å². The molecular weight excluding hydrogens is 639 g/mol. The van der Waals surface area contributed by atoms with E-state index < -0.39 is 0 Å². The van der Waals surface area contributed by atoms with Gasteiger partial charge >= 0.3 is 0 Å². The Hall–Kier alpha value is -6.66. The third-order valence-corrected chi connectivity index (χ3v) is 9.99. The van der Waals surface area contributed by atoms with Gasteiger partial charge in [-0.3, -0.25) is 0 Å². The van der Waals surface area contributed by atoms with Crippen molar-refractivity contribution in [2.75, 3.05) is 0 Å². The van der Waals surface area contributed by atoms with E-state index in [1.54, 1.807) is 0 Å². The predicted octanol–water partition coefficient (Wildman–Crippen LogP) is 10.4. The molecule has 2 aromatic heterocycles. The smallest absolute Gasteiger partial charge is 0.164 e. The molecule has 250 valence electrons. The highest BCUT2D eigenvalue weighted by Crippen LogP contribution is 2.48. The summed E-state index contributed by atoms with van der Waals surface area (Å²) in [5.74, 6) is 2.34. The standard InChI is InChI=1S/C46H35N5O/c1-46(2)37-23-13-12-21-33(37)35(41(46)48-42(47)30-15-6-3-7-16-30)27-29-25-26-38-36(28-29)40-34(22-14-24-39(40)52-38)45-50-43(31-17-8-4-9-18-31)49-44(51-45)32-19-10-5-11-20-32/h3-26,28H,27H2,1-2H3,(H2,47,48). The highest BCUT2D eigenvalue weighted by molar-refractivity contribution is 6.12. The maximum atomic E-state index is 6.66. The van der Waals surface area contributed by atoms with Crippen LogP contribution in [0.5, 0.6) is 0 Å². The number of amidine groups is 1. The third-order valence-electron chi connectivity index (χ3n) is 9.99.